The summed E-state index contributed by atoms with van der Waals surface area (Å²) >= 11 is 5.46. The van der Waals surface area contributed by atoms with Crippen molar-refractivity contribution < 1.29 is 30.0 Å². The van der Waals surface area contributed by atoms with Gasteiger partial charge in [0.2, 0.25) is 0 Å². The summed E-state index contributed by atoms with van der Waals surface area (Å²) in [5.74, 6) is -1.04. The number of hydrogen-bond donors (Lipinski definition) is 1. The third-order valence-electron chi connectivity index (χ3n) is 0.947. The van der Waals surface area contributed by atoms with Crippen LogP contribution < -0.4 is 0 Å². The molecule has 1 radical (unpaired) electrons. The zero-order chi connectivity index (χ0) is 7.56. The van der Waals surface area contributed by atoms with Crippen LogP contribution in [0, 0.1) is 0 Å². The standard InChI is InChI=1S/C6H4ClNO2.Ir/c7-4-1-2-5(6(9)10)8-3-4;/h1-3H,(H,9,10);. The molecule has 1 rings (SSSR count). The minimum Gasteiger partial charge on any atom is -0.477 e. The molecular weight excluding hydrogens is 346 g/mol. The predicted molar refractivity (Wildman–Crippen MR) is 36.2 cm³/mol. The second-order valence-corrected chi connectivity index (χ2v) is 2.10. The molecule has 1 N–H and O–H groups in total. The maximum Gasteiger partial charge on any atom is 0.354 e. The molecule has 0 atom stereocenters. The predicted octanol–water partition coefficient (Wildman–Crippen LogP) is 1.43. The molecule has 1 aromatic heterocycles. The van der Waals surface area contributed by atoms with Gasteiger partial charge in [-0.2, -0.15) is 0 Å². The summed E-state index contributed by atoms with van der Waals surface area (Å²) in [5.41, 5.74) is 0.00407. The van der Waals surface area contributed by atoms with Crippen LogP contribution in [-0.4, -0.2) is 16.1 Å². The first-order valence-electron chi connectivity index (χ1n) is 2.55. The van der Waals surface area contributed by atoms with E-state index in [1.54, 1.807) is 0 Å². The van der Waals surface area contributed by atoms with Crippen LogP contribution in [0.3, 0.4) is 0 Å². The van der Waals surface area contributed by atoms with Gasteiger partial charge in [0.25, 0.3) is 0 Å². The van der Waals surface area contributed by atoms with Gasteiger partial charge in [-0.3, -0.25) is 0 Å². The van der Waals surface area contributed by atoms with Gasteiger partial charge in [0.15, 0.2) is 0 Å². The molecule has 11 heavy (non-hydrogen) atoms. The second-order valence-electron chi connectivity index (χ2n) is 1.67. The van der Waals surface area contributed by atoms with E-state index in [0.717, 1.165) is 0 Å². The molecule has 61 valence electrons. The number of rotatable bonds is 1. The number of carboxylic acid groups (broad SMARTS) is 1. The van der Waals surface area contributed by atoms with E-state index in [4.69, 9.17) is 16.7 Å². The molecule has 0 bridgehead atoms. The van der Waals surface area contributed by atoms with Crippen molar-refractivity contribution in [1.82, 2.24) is 4.98 Å². The zero-order valence-corrected chi connectivity index (χ0v) is 8.40. The average Bonchev–Trinajstić information content (AvgIpc) is 1.88. The van der Waals surface area contributed by atoms with Crippen molar-refractivity contribution in [2.24, 2.45) is 0 Å². The van der Waals surface area contributed by atoms with Crippen LogP contribution in [-0.2, 0) is 20.1 Å². The third-order valence-corrected chi connectivity index (χ3v) is 1.17. The number of aromatic nitrogens is 1. The van der Waals surface area contributed by atoms with Gasteiger partial charge in [-0.1, -0.05) is 11.6 Å². The maximum absolute atomic E-state index is 10.2. The van der Waals surface area contributed by atoms with Gasteiger partial charge in [-0.25, -0.2) is 9.78 Å². The third kappa shape index (κ3) is 2.97. The first-order valence-corrected chi connectivity index (χ1v) is 2.93. The Morgan fingerprint density at radius 2 is 2.18 bits per heavy atom. The van der Waals surface area contributed by atoms with Gasteiger partial charge >= 0.3 is 5.97 Å². The average molecular weight is 350 g/mol. The molecule has 0 aliphatic heterocycles. The Morgan fingerprint density at radius 1 is 1.55 bits per heavy atom. The van der Waals surface area contributed by atoms with E-state index in [9.17, 15) is 4.79 Å². The van der Waals surface area contributed by atoms with Crippen molar-refractivity contribution in [2.75, 3.05) is 0 Å². The van der Waals surface area contributed by atoms with Crippen molar-refractivity contribution in [3.8, 4) is 0 Å². The number of carboxylic acids is 1. The number of pyridine rings is 1. The molecule has 5 heteroatoms. The number of nitrogens with zero attached hydrogens (tertiary/aromatic N) is 1. The Hall–Kier alpha value is -0.441. The van der Waals surface area contributed by atoms with E-state index in [-0.39, 0.29) is 25.8 Å². The molecule has 0 saturated carbocycles. The second kappa shape index (κ2) is 4.44. The fourth-order valence-corrected chi connectivity index (χ4v) is 0.614. The van der Waals surface area contributed by atoms with Gasteiger partial charge in [0, 0.05) is 26.3 Å². The maximum atomic E-state index is 10.2. The van der Waals surface area contributed by atoms with Crippen LogP contribution in [0.25, 0.3) is 0 Å². The topological polar surface area (TPSA) is 50.2 Å². The molecule has 0 fully saturated rings. The number of carbonyl (C=O) groups is 1. The summed E-state index contributed by atoms with van der Waals surface area (Å²) in [6.07, 6.45) is 1.30. The normalized spacial score (nSPS) is 8.45. The monoisotopic (exact) mass is 350 g/mol. The summed E-state index contributed by atoms with van der Waals surface area (Å²) in [6.45, 7) is 0. The van der Waals surface area contributed by atoms with Gasteiger partial charge in [-0.05, 0) is 12.1 Å². The Kier molecular flexibility index (Phi) is 4.26. The molecule has 0 amide bonds. The van der Waals surface area contributed by atoms with E-state index in [0.29, 0.717) is 5.02 Å². The molecule has 0 aromatic carbocycles. The fourth-order valence-electron chi connectivity index (χ4n) is 0.502. The fraction of sp³-hybridized carbons (Fsp3) is 0. The number of hydrogen-bond acceptors (Lipinski definition) is 2. The van der Waals surface area contributed by atoms with Gasteiger partial charge in [-0.15, -0.1) is 0 Å². The van der Waals surface area contributed by atoms with E-state index < -0.39 is 5.97 Å². The minimum absolute atomic E-state index is 0. The first kappa shape index (κ1) is 10.6. The Balaban J connectivity index is 0.000001000. The van der Waals surface area contributed by atoms with E-state index >= 15 is 0 Å². The first-order chi connectivity index (χ1) is 4.70. The SMILES string of the molecule is O=C(O)c1ccc(Cl)cn1.[Ir]. The van der Waals surface area contributed by atoms with Crippen molar-refractivity contribution in [3.05, 3.63) is 29.0 Å². The van der Waals surface area contributed by atoms with Crippen LogP contribution in [0.15, 0.2) is 18.3 Å². The summed E-state index contributed by atoms with van der Waals surface area (Å²) in [5, 5.41) is 8.81. The Labute approximate surface area is 81.8 Å². The summed E-state index contributed by atoms with van der Waals surface area (Å²) < 4.78 is 0. The molecule has 1 heterocycles. The molecular formula is C6H4ClIrNO2. The molecule has 0 saturated heterocycles. The minimum atomic E-state index is -1.04. The molecule has 0 unspecified atom stereocenters. The van der Waals surface area contributed by atoms with Crippen molar-refractivity contribution in [2.45, 2.75) is 0 Å². The van der Waals surface area contributed by atoms with Crippen LogP contribution >= 0.6 is 11.6 Å². The van der Waals surface area contributed by atoms with Gasteiger partial charge < -0.3 is 5.11 Å². The number of halogens is 1. The summed E-state index contributed by atoms with van der Waals surface area (Å²) in [4.78, 5) is 13.8. The van der Waals surface area contributed by atoms with E-state index in [2.05, 4.69) is 4.98 Å². The van der Waals surface area contributed by atoms with Crippen molar-refractivity contribution in [1.29, 1.82) is 0 Å². The molecule has 1 aromatic rings. The van der Waals surface area contributed by atoms with Gasteiger partial charge in [0.1, 0.15) is 5.69 Å². The van der Waals surface area contributed by atoms with Crippen molar-refractivity contribution in [3.63, 3.8) is 0 Å². The summed E-state index contributed by atoms with van der Waals surface area (Å²) in [7, 11) is 0. The van der Waals surface area contributed by atoms with E-state index in [1.807, 2.05) is 0 Å². The Morgan fingerprint density at radius 3 is 2.55 bits per heavy atom. The Bertz CT molecular complexity index is 249. The van der Waals surface area contributed by atoms with Crippen molar-refractivity contribution >= 4 is 17.6 Å². The van der Waals surface area contributed by atoms with Crippen LogP contribution in [0.1, 0.15) is 10.5 Å². The smallest absolute Gasteiger partial charge is 0.354 e. The quantitative estimate of drug-likeness (QED) is 0.834. The van der Waals surface area contributed by atoms with Crippen LogP contribution in [0.4, 0.5) is 0 Å². The summed E-state index contributed by atoms with van der Waals surface area (Å²) in [6, 6.07) is 2.84. The molecule has 3 nitrogen and oxygen atoms in total. The molecule has 0 aliphatic carbocycles. The largest absolute Gasteiger partial charge is 0.477 e. The molecule has 0 aliphatic rings. The van der Waals surface area contributed by atoms with E-state index in [1.165, 1.54) is 18.3 Å². The molecule has 0 spiro atoms. The van der Waals surface area contributed by atoms with Crippen LogP contribution in [0.5, 0.6) is 0 Å². The van der Waals surface area contributed by atoms with Gasteiger partial charge in [0.05, 0.1) is 5.02 Å². The number of aromatic carboxylic acids is 1. The zero-order valence-electron chi connectivity index (χ0n) is 5.25. The van der Waals surface area contributed by atoms with Crippen LogP contribution in [0.2, 0.25) is 5.02 Å².